The van der Waals surface area contributed by atoms with E-state index in [0.29, 0.717) is 6.04 Å². The summed E-state index contributed by atoms with van der Waals surface area (Å²) < 4.78 is 0. The summed E-state index contributed by atoms with van der Waals surface area (Å²) in [4.78, 5) is 1.52. The lowest BCUT2D eigenvalue weighted by molar-refractivity contribution is 0.432. The Morgan fingerprint density at radius 2 is 2.25 bits per heavy atom. The van der Waals surface area contributed by atoms with E-state index >= 15 is 0 Å². The lowest BCUT2D eigenvalue weighted by atomic mass is 10.1. The van der Waals surface area contributed by atoms with Crippen LogP contribution in [0.3, 0.4) is 0 Å². The van der Waals surface area contributed by atoms with Crippen molar-refractivity contribution in [2.24, 2.45) is 11.8 Å². The fourth-order valence-corrected chi connectivity index (χ4v) is 3.05. The molecule has 0 aliphatic heterocycles. The highest BCUT2D eigenvalue weighted by Crippen LogP contribution is 2.33. The maximum absolute atomic E-state index is 3.67. The van der Waals surface area contributed by atoms with E-state index < -0.39 is 0 Å². The topological polar surface area (TPSA) is 12.0 Å². The summed E-state index contributed by atoms with van der Waals surface area (Å²) in [7, 11) is 0. The summed E-state index contributed by atoms with van der Waals surface area (Å²) >= 11 is 1.88. The zero-order chi connectivity index (χ0) is 11.4. The van der Waals surface area contributed by atoms with E-state index in [1.807, 2.05) is 11.3 Å². The molecule has 0 aromatic carbocycles. The zero-order valence-electron chi connectivity index (χ0n) is 10.4. The van der Waals surface area contributed by atoms with Crippen molar-refractivity contribution >= 4 is 11.3 Å². The van der Waals surface area contributed by atoms with Crippen LogP contribution in [0.2, 0.25) is 0 Å². The molecule has 1 aromatic rings. The van der Waals surface area contributed by atoms with Crippen molar-refractivity contribution in [2.45, 2.75) is 45.6 Å². The van der Waals surface area contributed by atoms with E-state index in [4.69, 9.17) is 0 Å². The smallest absolute Gasteiger partial charge is 0.00483 e. The lowest BCUT2D eigenvalue weighted by Crippen LogP contribution is -2.31. The van der Waals surface area contributed by atoms with E-state index in [0.717, 1.165) is 18.4 Å². The van der Waals surface area contributed by atoms with Crippen LogP contribution in [0.4, 0.5) is 0 Å². The fraction of sp³-hybridized carbons (Fsp3) is 0.714. The van der Waals surface area contributed by atoms with Gasteiger partial charge in [0.1, 0.15) is 0 Å². The Morgan fingerprint density at radius 3 is 2.88 bits per heavy atom. The Kier molecular flexibility index (Phi) is 4.42. The molecule has 1 saturated carbocycles. The molecule has 90 valence electrons. The molecule has 1 fully saturated rings. The maximum Gasteiger partial charge on any atom is 0.00483 e. The van der Waals surface area contributed by atoms with E-state index in [2.05, 4.69) is 36.7 Å². The molecule has 0 radical (unpaired) electrons. The van der Waals surface area contributed by atoms with Gasteiger partial charge in [-0.25, -0.2) is 0 Å². The SMILES string of the molecule is CC(CNC(C)CC1CC1)Cc1cccs1. The molecule has 1 heterocycles. The fourth-order valence-electron chi connectivity index (χ4n) is 2.18. The van der Waals surface area contributed by atoms with E-state index in [-0.39, 0.29) is 0 Å². The molecule has 1 aliphatic carbocycles. The van der Waals surface area contributed by atoms with Gasteiger partial charge in [-0.3, -0.25) is 0 Å². The molecule has 2 rings (SSSR count). The molecular weight excluding hydrogens is 214 g/mol. The molecule has 0 spiro atoms. The number of nitrogens with one attached hydrogen (secondary N) is 1. The van der Waals surface area contributed by atoms with Crippen LogP contribution in [0, 0.1) is 11.8 Å². The van der Waals surface area contributed by atoms with Crippen LogP contribution in [-0.2, 0) is 6.42 Å². The van der Waals surface area contributed by atoms with Gasteiger partial charge in [0.15, 0.2) is 0 Å². The number of hydrogen-bond donors (Lipinski definition) is 1. The normalized spacial score (nSPS) is 19.6. The minimum Gasteiger partial charge on any atom is -0.314 e. The van der Waals surface area contributed by atoms with Crippen LogP contribution in [0.25, 0.3) is 0 Å². The van der Waals surface area contributed by atoms with E-state index in [1.165, 1.54) is 30.6 Å². The van der Waals surface area contributed by atoms with Gasteiger partial charge in [0, 0.05) is 10.9 Å². The van der Waals surface area contributed by atoms with Gasteiger partial charge in [0.25, 0.3) is 0 Å². The molecule has 1 nitrogen and oxygen atoms in total. The van der Waals surface area contributed by atoms with Crippen molar-refractivity contribution in [1.82, 2.24) is 5.32 Å². The minimum absolute atomic E-state index is 0.707. The minimum atomic E-state index is 0.707. The first kappa shape index (κ1) is 12.1. The van der Waals surface area contributed by atoms with Crippen molar-refractivity contribution in [2.75, 3.05) is 6.54 Å². The van der Waals surface area contributed by atoms with Crippen molar-refractivity contribution in [3.8, 4) is 0 Å². The van der Waals surface area contributed by atoms with Crippen molar-refractivity contribution in [3.05, 3.63) is 22.4 Å². The molecule has 0 saturated heterocycles. The maximum atomic E-state index is 3.67. The lowest BCUT2D eigenvalue weighted by Gasteiger charge is -2.17. The summed E-state index contributed by atoms with van der Waals surface area (Å²) in [6.07, 6.45) is 5.54. The standard InChI is InChI=1S/C14H23NS/c1-11(8-14-4-3-7-16-14)10-15-12(2)9-13-5-6-13/h3-4,7,11-13,15H,5-6,8-10H2,1-2H3. The third-order valence-electron chi connectivity index (χ3n) is 3.33. The highest BCUT2D eigenvalue weighted by atomic mass is 32.1. The quantitative estimate of drug-likeness (QED) is 0.762. The highest BCUT2D eigenvalue weighted by molar-refractivity contribution is 7.09. The second-order valence-corrected chi connectivity index (χ2v) is 6.41. The Balaban J connectivity index is 1.60. The van der Waals surface area contributed by atoms with Crippen LogP contribution in [-0.4, -0.2) is 12.6 Å². The molecular formula is C14H23NS. The second-order valence-electron chi connectivity index (χ2n) is 5.38. The average molecular weight is 237 g/mol. The first-order valence-electron chi connectivity index (χ1n) is 6.50. The highest BCUT2D eigenvalue weighted by Gasteiger charge is 2.23. The number of hydrogen-bond acceptors (Lipinski definition) is 2. The van der Waals surface area contributed by atoms with Gasteiger partial charge in [-0.2, -0.15) is 0 Å². The first-order chi connectivity index (χ1) is 7.74. The third-order valence-corrected chi connectivity index (χ3v) is 4.23. The van der Waals surface area contributed by atoms with Gasteiger partial charge in [0.2, 0.25) is 0 Å². The third kappa shape index (κ3) is 4.26. The average Bonchev–Trinajstić information content (AvgIpc) is 2.91. The number of thiophene rings is 1. The molecule has 2 heteroatoms. The van der Waals surface area contributed by atoms with Gasteiger partial charge in [-0.05, 0) is 49.6 Å². The molecule has 1 N–H and O–H groups in total. The zero-order valence-corrected chi connectivity index (χ0v) is 11.2. The van der Waals surface area contributed by atoms with Gasteiger partial charge in [-0.15, -0.1) is 11.3 Å². The molecule has 0 amide bonds. The summed E-state index contributed by atoms with van der Waals surface area (Å²) in [5.74, 6) is 1.79. The van der Waals surface area contributed by atoms with E-state index in [1.54, 1.807) is 0 Å². The van der Waals surface area contributed by atoms with Crippen molar-refractivity contribution < 1.29 is 0 Å². The number of rotatable bonds is 7. The molecule has 1 aliphatic rings. The monoisotopic (exact) mass is 237 g/mol. The van der Waals surface area contributed by atoms with Crippen LogP contribution < -0.4 is 5.32 Å². The van der Waals surface area contributed by atoms with Gasteiger partial charge >= 0.3 is 0 Å². The van der Waals surface area contributed by atoms with E-state index in [9.17, 15) is 0 Å². The van der Waals surface area contributed by atoms with Gasteiger partial charge in [-0.1, -0.05) is 25.8 Å². The summed E-state index contributed by atoms with van der Waals surface area (Å²) in [6.45, 7) is 5.83. The molecule has 0 bridgehead atoms. The largest absolute Gasteiger partial charge is 0.314 e. The molecule has 1 aromatic heterocycles. The predicted molar refractivity (Wildman–Crippen MR) is 72.0 cm³/mol. The molecule has 2 unspecified atom stereocenters. The van der Waals surface area contributed by atoms with Crippen LogP contribution in [0.15, 0.2) is 17.5 Å². The van der Waals surface area contributed by atoms with Crippen molar-refractivity contribution in [3.63, 3.8) is 0 Å². The molecule has 16 heavy (non-hydrogen) atoms. The second kappa shape index (κ2) is 5.83. The summed E-state index contributed by atoms with van der Waals surface area (Å²) in [5, 5.41) is 5.84. The Morgan fingerprint density at radius 1 is 1.44 bits per heavy atom. The van der Waals surface area contributed by atoms with Crippen LogP contribution in [0.5, 0.6) is 0 Å². The van der Waals surface area contributed by atoms with Gasteiger partial charge in [0.05, 0.1) is 0 Å². The Labute approximate surface area is 103 Å². The van der Waals surface area contributed by atoms with Gasteiger partial charge < -0.3 is 5.32 Å². The summed E-state index contributed by atoms with van der Waals surface area (Å²) in [6, 6.07) is 5.10. The van der Waals surface area contributed by atoms with Crippen LogP contribution >= 0.6 is 11.3 Å². The van der Waals surface area contributed by atoms with Crippen LogP contribution in [0.1, 0.15) is 38.0 Å². The summed E-state index contributed by atoms with van der Waals surface area (Å²) in [5.41, 5.74) is 0. The Hall–Kier alpha value is -0.340. The first-order valence-corrected chi connectivity index (χ1v) is 7.37. The predicted octanol–water partition coefficient (Wildman–Crippen LogP) is 3.70. The Bertz CT molecular complexity index is 290. The molecule has 2 atom stereocenters. The van der Waals surface area contributed by atoms with Crippen molar-refractivity contribution in [1.29, 1.82) is 0 Å².